The number of rotatable bonds is 2. The van der Waals surface area contributed by atoms with E-state index in [4.69, 9.17) is 7.05 Å². The molecule has 1 fully saturated rings. The van der Waals surface area contributed by atoms with Crippen LogP contribution in [0.4, 0.5) is 0 Å². The van der Waals surface area contributed by atoms with Crippen LogP contribution in [0.15, 0.2) is 23.8 Å². The third-order valence-electron chi connectivity index (χ3n) is 4.36. The van der Waals surface area contributed by atoms with Crippen LogP contribution < -0.4 is 0 Å². The molecule has 0 spiro atoms. The summed E-state index contributed by atoms with van der Waals surface area (Å²) in [4.78, 5) is 15.7. The van der Waals surface area contributed by atoms with Gasteiger partial charge in [-0.15, -0.1) is 11.3 Å². The van der Waals surface area contributed by atoms with Crippen molar-refractivity contribution in [2.75, 3.05) is 13.1 Å². The summed E-state index contributed by atoms with van der Waals surface area (Å²) in [5.41, 5.74) is 2.05. The molecular weight excluding hydrogens is 294 g/mol. The van der Waals surface area contributed by atoms with Gasteiger partial charge in [0.1, 0.15) is 7.05 Å². The van der Waals surface area contributed by atoms with E-state index in [9.17, 15) is 4.79 Å². The van der Waals surface area contributed by atoms with Crippen LogP contribution in [0.5, 0.6) is 0 Å². The molecule has 5 heteroatoms. The molecule has 4 nitrogen and oxygen atoms in total. The Kier molecular flexibility index (Phi) is 4.08. The van der Waals surface area contributed by atoms with Crippen LogP contribution in [0, 0.1) is 12.5 Å². The third-order valence-corrected chi connectivity index (χ3v) is 5.34. The fourth-order valence-electron chi connectivity index (χ4n) is 2.87. The van der Waals surface area contributed by atoms with E-state index >= 15 is 0 Å². The molecule has 0 bridgehead atoms. The molecule has 0 aromatic carbocycles. The number of carbonyl (C=O) groups excluding carboxylic acids is 1. The number of thiophene rings is 1. The number of hydrogen-bond acceptors (Lipinski definition) is 3. The number of amides is 1. The molecule has 3 rings (SSSR count). The molecule has 1 aliphatic rings. The highest BCUT2D eigenvalue weighted by Crippen LogP contribution is 2.31. The van der Waals surface area contributed by atoms with Gasteiger partial charge in [0.15, 0.2) is 0 Å². The van der Waals surface area contributed by atoms with Crippen molar-refractivity contribution in [3.63, 3.8) is 0 Å². The van der Waals surface area contributed by atoms with E-state index in [1.54, 1.807) is 23.7 Å². The summed E-state index contributed by atoms with van der Waals surface area (Å²) in [5, 5.41) is 5.90. The Morgan fingerprint density at radius 3 is 2.91 bits per heavy atom. The number of nitrogens with zero attached hydrogens (tertiary/aromatic N) is 3. The normalized spacial score (nSPS) is 18.2. The number of carbonyl (C=O) groups is 1. The quantitative estimate of drug-likeness (QED) is 0.846. The van der Waals surface area contributed by atoms with Crippen molar-refractivity contribution >= 4 is 17.2 Å². The van der Waals surface area contributed by atoms with Gasteiger partial charge in [-0.1, -0.05) is 13.8 Å². The largest absolute Gasteiger partial charge is 0.339 e. The molecule has 2 aromatic rings. The summed E-state index contributed by atoms with van der Waals surface area (Å²) >= 11 is 1.56. The van der Waals surface area contributed by atoms with E-state index in [-0.39, 0.29) is 5.91 Å². The Labute approximate surface area is 135 Å². The summed E-state index contributed by atoms with van der Waals surface area (Å²) in [6.45, 7) is 6.27. The standard InChI is InChI=1S/C17H21N3OS/c1-17(2)5-4-7-20(8-6-17)16(21)13-9-15(22-12-13)14-10-18-19(3)11-14/h3,9-12H,4-8H2,1-2H3. The van der Waals surface area contributed by atoms with Crippen LogP contribution in [0.25, 0.3) is 10.4 Å². The number of likely N-dealkylation sites (tertiary alicyclic amines) is 1. The van der Waals surface area contributed by atoms with Crippen molar-refractivity contribution in [1.82, 2.24) is 14.7 Å². The second kappa shape index (κ2) is 5.88. The van der Waals surface area contributed by atoms with Crippen molar-refractivity contribution in [1.29, 1.82) is 0 Å². The Morgan fingerprint density at radius 2 is 2.18 bits per heavy atom. The van der Waals surface area contributed by atoms with E-state index in [0.717, 1.165) is 41.9 Å². The molecule has 116 valence electrons. The van der Waals surface area contributed by atoms with E-state index in [1.807, 2.05) is 16.3 Å². The van der Waals surface area contributed by atoms with Crippen molar-refractivity contribution in [2.24, 2.45) is 5.41 Å². The maximum absolute atomic E-state index is 12.7. The molecule has 2 radical (unpaired) electrons. The second-order valence-corrected chi connectivity index (χ2v) is 7.63. The molecular formula is C17H21N3OS. The van der Waals surface area contributed by atoms with Crippen LogP contribution >= 0.6 is 11.3 Å². The molecule has 0 unspecified atom stereocenters. The predicted octanol–water partition coefficient (Wildman–Crippen LogP) is 3.78. The van der Waals surface area contributed by atoms with Crippen molar-refractivity contribution < 1.29 is 4.79 Å². The van der Waals surface area contributed by atoms with Crippen LogP contribution in [0.3, 0.4) is 0 Å². The molecule has 1 aliphatic heterocycles. The minimum Gasteiger partial charge on any atom is -0.339 e. The van der Waals surface area contributed by atoms with Gasteiger partial charge in [0.25, 0.3) is 5.91 Å². The zero-order valence-electron chi connectivity index (χ0n) is 13.1. The average Bonchev–Trinajstić information content (AvgIpc) is 3.06. The fraction of sp³-hybridized carbons (Fsp3) is 0.471. The molecule has 0 saturated carbocycles. The summed E-state index contributed by atoms with van der Waals surface area (Å²) in [5.74, 6) is 0.139. The SMILES string of the molecule is [CH]n1cc(-c2cc(C(=O)N3CCCC(C)(C)CC3)cs2)cn1. The maximum Gasteiger partial charge on any atom is 0.254 e. The zero-order chi connectivity index (χ0) is 15.7. The highest BCUT2D eigenvalue weighted by molar-refractivity contribution is 7.13. The molecule has 0 atom stereocenters. The Balaban J connectivity index is 1.74. The van der Waals surface area contributed by atoms with Crippen molar-refractivity contribution in [3.05, 3.63) is 36.5 Å². The molecule has 0 N–H and O–H groups in total. The molecule has 0 aliphatic carbocycles. The minimum atomic E-state index is 0.139. The summed E-state index contributed by atoms with van der Waals surface area (Å²) in [6.07, 6.45) is 6.80. The van der Waals surface area contributed by atoms with Crippen LogP contribution in [-0.4, -0.2) is 33.7 Å². The first-order valence-electron chi connectivity index (χ1n) is 7.63. The molecule has 2 aromatic heterocycles. The Morgan fingerprint density at radius 1 is 1.36 bits per heavy atom. The highest BCUT2D eigenvalue weighted by atomic mass is 32.1. The van der Waals surface area contributed by atoms with E-state index < -0.39 is 0 Å². The molecule has 3 heterocycles. The summed E-state index contributed by atoms with van der Waals surface area (Å²) < 4.78 is 1.29. The van der Waals surface area contributed by atoms with E-state index in [2.05, 4.69) is 18.9 Å². The van der Waals surface area contributed by atoms with Gasteiger partial charge in [-0.25, -0.2) is 0 Å². The predicted molar refractivity (Wildman–Crippen MR) is 88.8 cm³/mol. The van der Waals surface area contributed by atoms with E-state index in [0.29, 0.717) is 5.41 Å². The highest BCUT2D eigenvalue weighted by Gasteiger charge is 2.26. The first kappa shape index (κ1) is 15.3. The smallest absolute Gasteiger partial charge is 0.254 e. The van der Waals surface area contributed by atoms with Gasteiger partial charge in [0, 0.05) is 35.1 Å². The van der Waals surface area contributed by atoms with Crippen LogP contribution in [-0.2, 0) is 0 Å². The van der Waals surface area contributed by atoms with Crippen molar-refractivity contribution in [2.45, 2.75) is 33.1 Å². The lowest BCUT2D eigenvalue weighted by Crippen LogP contribution is -2.32. The molecule has 1 amide bonds. The Hall–Kier alpha value is -1.62. The first-order chi connectivity index (χ1) is 10.4. The topological polar surface area (TPSA) is 38.1 Å². The first-order valence-corrected chi connectivity index (χ1v) is 8.50. The van der Waals surface area contributed by atoms with Gasteiger partial charge < -0.3 is 4.90 Å². The van der Waals surface area contributed by atoms with E-state index in [1.165, 1.54) is 11.1 Å². The fourth-order valence-corrected chi connectivity index (χ4v) is 3.73. The lowest BCUT2D eigenvalue weighted by molar-refractivity contribution is 0.0758. The van der Waals surface area contributed by atoms with Gasteiger partial charge in [-0.3, -0.25) is 9.48 Å². The van der Waals surface area contributed by atoms with Gasteiger partial charge in [0.05, 0.1) is 11.8 Å². The summed E-state index contributed by atoms with van der Waals surface area (Å²) in [6, 6.07) is 1.94. The lowest BCUT2D eigenvalue weighted by Gasteiger charge is -2.23. The van der Waals surface area contributed by atoms with Crippen LogP contribution in [0.2, 0.25) is 0 Å². The van der Waals surface area contributed by atoms with Gasteiger partial charge in [-0.2, -0.15) is 5.10 Å². The van der Waals surface area contributed by atoms with Gasteiger partial charge in [0.2, 0.25) is 0 Å². The van der Waals surface area contributed by atoms with Gasteiger partial charge in [-0.05, 0) is 30.7 Å². The summed E-state index contributed by atoms with van der Waals surface area (Å²) in [7, 11) is 5.58. The number of aromatic nitrogens is 2. The number of hydrogen-bond donors (Lipinski definition) is 0. The zero-order valence-corrected chi connectivity index (χ0v) is 13.9. The third kappa shape index (κ3) is 3.24. The monoisotopic (exact) mass is 315 g/mol. The maximum atomic E-state index is 12.7. The lowest BCUT2D eigenvalue weighted by atomic mass is 9.85. The Bertz CT molecular complexity index is 671. The minimum absolute atomic E-state index is 0.139. The van der Waals surface area contributed by atoms with Crippen LogP contribution in [0.1, 0.15) is 43.5 Å². The molecule has 1 saturated heterocycles. The second-order valence-electron chi connectivity index (χ2n) is 6.72. The van der Waals surface area contributed by atoms with Crippen molar-refractivity contribution in [3.8, 4) is 10.4 Å². The van der Waals surface area contributed by atoms with Gasteiger partial charge >= 0.3 is 0 Å². The average molecular weight is 315 g/mol. The molecule has 22 heavy (non-hydrogen) atoms.